The maximum Gasteiger partial charge on any atom is 0.312 e. The van der Waals surface area contributed by atoms with E-state index in [-0.39, 0.29) is 16.5 Å². The van der Waals surface area contributed by atoms with E-state index < -0.39 is 22.4 Å². The number of nitrogens with two attached hydrogens (primary N) is 1. The second kappa shape index (κ2) is 4.63. The van der Waals surface area contributed by atoms with Crippen molar-refractivity contribution in [1.82, 2.24) is 0 Å². The number of phenols is 1. The highest BCUT2D eigenvalue weighted by atomic mass is 16.6. The van der Waals surface area contributed by atoms with E-state index in [9.17, 15) is 15.2 Å². The fraction of sp³-hybridized carbons (Fsp3) is 0.417. The molecule has 0 heterocycles. The van der Waals surface area contributed by atoms with Crippen molar-refractivity contribution in [2.45, 2.75) is 26.8 Å². The predicted octanol–water partition coefficient (Wildman–Crippen LogP) is 2.22. The number of rotatable bonds is 2. The van der Waals surface area contributed by atoms with Gasteiger partial charge in [0, 0.05) is 17.7 Å². The molecule has 0 unspecified atom stereocenters. The average Bonchev–Trinajstić information content (AvgIpc) is 2.26. The van der Waals surface area contributed by atoms with Crippen molar-refractivity contribution in [2.24, 2.45) is 11.1 Å². The van der Waals surface area contributed by atoms with Gasteiger partial charge in [-0.1, -0.05) is 20.8 Å². The van der Waals surface area contributed by atoms with Crippen molar-refractivity contribution in [3.8, 4) is 11.8 Å². The van der Waals surface area contributed by atoms with Crippen LogP contribution in [0.15, 0.2) is 12.1 Å². The molecular formula is C12H15N3O3. The molecule has 0 saturated heterocycles. The van der Waals surface area contributed by atoms with Crippen LogP contribution in [0.4, 0.5) is 5.69 Å². The van der Waals surface area contributed by atoms with Crippen molar-refractivity contribution in [2.75, 3.05) is 0 Å². The van der Waals surface area contributed by atoms with Gasteiger partial charge in [0.1, 0.15) is 0 Å². The van der Waals surface area contributed by atoms with Crippen LogP contribution >= 0.6 is 0 Å². The van der Waals surface area contributed by atoms with Crippen LogP contribution in [0.1, 0.15) is 37.9 Å². The second-order valence-corrected chi connectivity index (χ2v) is 5.15. The molecule has 1 rings (SSSR count). The summed E-state index contributed by atoms with van der Waals surface area (Å²) in [4.78, 5) is 10.1. The van der Waals surface area contributed by atoms with Gasteiger partial charge in [0.2, 0.25) is 0 Å². The quantitative estimate of drug-likeness (QED) is 0.616. The predicted molar refractivity (Wildman–Crippen MR) is 65.9 cm³/mol. The maximum atomic E-state index is 10.8. The molecule has 1 aromatic rings. The van der Waals surface area contributed by atoms with Gasteiger partial charge < -0.3 is 10.8 Å². The van der Waals surface area contributed by atoms with E-state index in [1.54, 1.807) is 0 Å². The fourth-order valence-electron chi connectivity index (χ4n) is 1.55. The van der Waals surface area contributed by atoms with Crippen molar-refractivity contribution >= 4 is 5.69 Å². The molecule has 0 spiro atoms. The number of aromatic hydroxyl groups is 1. The summed E-state index contributed by atoms with van der Waals surface area (Å²) >= 11 is 0. The van der Waals surface area contributed by atoms with Crippen molar-refractivity contribution in [3.05, 3.63) is 33.4 Å². The summed E-state index contributed by atoms with van der Waals surface area (Å²) in [5.41, 5.74) is 5.41. The molecule has 3 N–H and O–H groups in total. The van der Waals surface area contributed by atoms with Crippen LogP contribution in [0, 0.1) is 26.9 Å². The Kier molecular flexibility index (Phi) is 3.58. The first-order valence-electron chi connectivity index (χ1n) is 5.35. The van der Waals surface area contributed by atoms with Gasteiger partial charge in [-0.05, 0) is 11.5 Å². The number of nitro groups is 1. The fourth-order valence-corrected chi connectivity index (χ4v) is 1.55. The number of phenolic OH excluding ortho intramolecular Hbond substituents is 1. The highest BCUT2D eigenvalue weighted by molar-refractivity contribution is 5.57. The zero-order valence-electron chi connectivity index (χ0n) is 10.5. The molecule has 18 heavy (non-hydrogen) atoms. The molecule has 6 nitrogen and oxygen atoms in total. The molecule has 0 fully saturated rings. The minimum atomic E-state index is -0.727. The standard InChI is InChI=1S/C12H15N3O3/c1-12(2,3)11(14)8-4-7(6-13)5-9(10(8)16)15(17)18/h4-5,11,16H,14H2,1-3H3/t11-/m1/s1. The van der Waals surface area contributed by atoms with Crippen LogP contribution in [-0.2, 0) is 0 Å². The molecule has 1 aromatic carbocycles. The molecule has 1 atom stereocenters. The largest absolute Gasteiger partial charge is 0.502 e. The van der Waals surface area contributed by atoms with Crippen molar-refractivity contribution in [3.63, 3.8) is 0 Å². The van der Waals surface area contributed by atoms with E-state index in [1.807, 2.05) is 26.8 Å². The van der Waals surface area contributed by atoms with Crippen molar-refractivity contribution in [1.29, 1.82) is 5.26 Å². The Morgan fingerprint density at radius 3 is 2.44 bits per heavy atom. The highest BCUT2D eigenvalue weighted by Crippen LogP contribution is 2.40. The van der Waals surface area contributed by atoms with Gasteiger partial charge in [-0.2, -0.15) is 5.26 Å². The summed E-state index contributed by atoms with van der Waals surface area (Å²) < 4.78 is 0. The molecule has 96 valence electrons. The smallest absolute Gasteiger partial charge is 0.312 e. The Morgan fingerprint density at radius 1 is 1.50 bits per heavy atom. The summed E-state index contributed by atoms with van der Waals surface area (Å²) in [5.74, 6) is -0.471. The Hall–Kier alpha value is -2.13. The number of nitrogens with zero attached hydrogens (tertiary/aromatic N) is 2. The van der Waals surface area contributed by atoms with E-state index in [1.165, 1.54) is 6.07 Å². The monoisotopic (exact) mass is 249 g/mol. The number of benzene rings is 1. The number of nitriles is 1. The van der Waals surface area contributed by atoms with E-state index in [2.05, 4.69) is 0 Å². The Bertz CT molecular complexity index is 527. The Morgan fingerprint density at radius 2 is 2.06 bits per heavy atom. The molecular weight excluding hydrogens is 234 g/mol. The van der Waals surface area contributed by atoms with Crippen LogP contribution in [0.3, 0.4) is 0 Å². The third kappa shape index (κ3) is 2.57. The van der Waals surface area contributed by atoms with Gasteiger partial charge in [-0.25, -0.2) is 0 Å². The lowest BCUT2D eigenvalue weighted by Gasteiger charge is -2.27. The van der Waals surface area contributed by atoms with Crippen LogP contribution in [-0.4, -0.2) is 10.0 Å². The van der Waals surface area contributed by atoms with E-state index in [0.717, 1.165) is 6.07 Å². The van der Waals surface area contributed by atoms with E-state index >= 15 is 0 Å². The topological polar surface area (TPSA) is 113 Å². The lowest BCUT2D eigenvalue weighted by molar-refractivity contribution is -0.386. The number of hydrogen-bond acceptors (Lipinski definition) is 5. The summed E-state index contributed by atoms with van der Waals surface area (Å²) in [7, 11) is 0. The van der Waals surface area contributed by atoms with Crippen LogP contribution in [0.2, 0.25) is 0 Å². The molecule has 0 aliphatic heterocycles. The molecule has 0 aromatic heterocycles. The average molecular weight is 249 g/mol. The lowest BCUT2D eigenvalue weighted by atomic mass is 9.82. The van der Waals surface area contributed by atoms with E-state index in [4.69, 9.17) is 11.0 Å². The maximum absolute atomic E-state index is 10.8. The van der Waals surface area contributed by atoms with E-state index in [0.29, 0.717) is 0 Å². The van der Waals surface area contributed by atoms with Gasteiger partial charge in [0.15, 0.2) is 5.75 Å². The molecule has 0 saturated carbocycles. The minimum absolute atomic E-state index is 0.106. The summed E-state index contributed by atoms with van der Waals surface area (Å²) in [6.07, 6.45) is 0. The van der Waals surface area contributed by atoms with Gasteiger partial charge in [-0.3, -0.25) is 10.1 Å². The first-order chi connectivity index (χ1) is 8.18. The second-order valence-electron chi connectivity index (χ2n) is 5.15. The SMILES string of the molecule is CC(C)(C)[C@H](N)c1cc(C#N)cc([N+](=O)[O-])c1O. The van der Waals surface area contributed by atoms with Crippen LogP contribution < -0.4 is 5.73 Å². The van der Waals surface area contributed by atoms with Gasteiger partial charge in [0.25, 0.3) is 0 Å². The number of hydrogen-bond donors (Lipinski definition) is 2. The third-order valence-corrected chi connectivity index (χ3v) is 2.71. The first kappa shape index (κ1) is 13.9. The third-order valence-electron chi connectivity index (χ3n) is 2.71. The molecule has 0 bridgehead atoms. The summed E-state index contributed by atoms with van der Waals surface area (Å²) in [5, 5.41) is 29.5. The highest BCUT2D eigenvalue weighted by Gasteiger charge is 2.29. The molecule has 0 amide bonds. The summed E-state index contributed by atoms with van der Waals surface area (Å²) in [6.45, 7) is 5.55. The molecule has 0 aliphatic rings. The zero-order valence-corrected chi connectivity index (χ0v) is 10.5. The van der Waals surface area contributed by atoms with Gasteiger partial charge in [-0.15, -0.1) is 0 Å². The van der Waals surface area contributed by atoms with Gasteiger partial charge >= 0.3 is 5.69 Å². The normalized spacial score (nSPS) is 12.8. The van der Waals surface area contributed by atoms with Crippen molar-refractivity contribution < 1.29 is 10.0 Å². The van der Waals surface area contributed by atoms with Crippen LogP contribution in [0.25, 0.3) is 0 Å². The Balaban J connectivity index is 3.50. The molecule has 0 radical (unpaired) electrons. The Labute approximate surface area is 105 Å². The zero-order chi connectivity index (χ0) is 14.1. The number of nitro benzene ring substituents is 1. The first-order valence-corrected chi connectivity index (χ1v) is 5.35. The van der Waals surface area contributed by atoms with Crippen LogP contribution in [0.5, 0.6) is 5.75 Å². The van der Waals surface area contributed by atoms with Gasteiger partial charge in [0.05, 0.1) is 16.6 Å². The lowest BCUT2D eigenvalue weighted by Crippen LogP contribution is -2.26. The molecule has 0 aliphatic carbocycles. The molecule has 6 heteroatoms. The summed E-state index contributed by atoms with van der Waals surface area (Å²) in [6, 6.07) is 3.64. The minimum Gasteiger partial charge on any atom is -0.502 e.